The van der Waals surface area contributed by atoms with Crippen LogP contribution in [0.3, 0.4) is 0 Å². The normalized spacial score (nSPS) is 23.5. The van der Waals surface area contributed by atoms with Crippen LogP contribution in [0.1, 0.15) is 13.8 Å². The zero-order chi connectivity index (χ0) is 14.7. The number of para-hydroxylation sites is 2. The molecule has 4 nitrogen and oxygen atoms in total. The highest BCUT2D eigenvalue weighted by molar-refractivity contribution is 5.40. The molecule has 1 fully saturated rings. The van der Waals surface area contributed by atoms with Crippen LogP contribution in [-0.4, -0.2) is 61.8 Å². The molecule has 1 aromatic carbocycles. The van der Waals surface area contributed by atoms with Crippen LogP contribution in [-0.2, 0) is 0 Å². The summed E-state index contributed by atoms with van der Waals surface area (Å²) in [5.41, 5.74) is 0. The molecule has 1 saturated heterocycles. The lowest BCUT2D eigenvalue weighted by atomic mass is 10.2. The van der Waals surface area contributed by atoms with Crippen LogP contribution in [0, 0.1) is 5.92 Å². The van der Waals surface area contributed by atoms with Gasteiger partial charge in [0.1, 0.15) is 12.7 Å². The zero-order valence-electron chi connectivity index (χ0n) is 13.1. The number of hydrogen-bond acceptors (Lipinski definition) is 4. The summed E-state index contributed by atoms with van der Waals surface area (Å²) < 4.78 is 11.8. The minimum atomic E-state index is 0.150. The molecular formula is C17H26N2O2. The van der Waals surface area contributed by atoms with Gasteiger partial charge in [0.15, 0.2) is 11.5 Å². The molecule has 0 N–H and O–H groups in total. The summed E-state index contributed by atoms with van der Waals surface area (Å²) in [5.74, 6) is 2.51. The first kappa shape index (κ1) is 14.7. The maximum atomic E-state index is 6.05. The maximum Gasteiger partial charge on any atom is 0.161 e. The zero-order valence-corrected chi connectivity index (χ0v) is 13.1. The highest BCUT2D eigenvalue weighted by atomic mass is 16.6. The van der Waals surface area contributed by atoms with Crippen molar-refractivity contribution in [1.82, 2.24) is 9.80 Å². The van der Waals surface area contributed by atoms with Gasteiger partial charge in [-0.25, -0.2) is 0 Å². The minimum absolute atomic E-state index is 0.150. The van der Waals surface area contributed by atoms with E-state index in [9.17, 15) is 0 Å². The molecule has 21 heavy (non-hydrogen) atoms. The van der Waals surface area contributed by atoms with Crippen molar-refractivity contribution in [2.75, 3.05) is 45.9 Å². The predicted octanol–water partition coefficient (Wildman–Crippen LogP) is 2.10. The summed E-state index contributed by atoms with van der Waals surface area (Å²) >= 11 is 0. The molecule has 2 aliphatic heterocycles. The average Bonchev–Trinajstić information content (AvgIpc) is 2.49. The van der Waals surface area contributed by atoms with Crippen LogP contribution < -0.4 is 9.47 Å². The van der Waals surface area contributed by atoms with Gasteiger partial charge in [0.05, 0.1) is 0 Å². The van der Waals surface area contributed by atoms with E-state index in [0.29, 0.717) is 6.61 Å². The molecule has 0 radical (unpaired) electrons. The third kappa shape index (κ3) is 3.89. The van der Waals surface area contributed by atoms with E-state index < -0.39 is 0 Å². The van der Waals surface area contributed by atoms with Gasteiger partial charge >= 0.3 is 0 Å². The molecule has 3 rings (SSSR count). The van der Waals surface area contributed by atoms with Crippen LogP contribution in [0.5, 0.6) is 11.5 Å². The Kier molecular flexibility index (Phi) is 4.66. The first-order valence-electron chi connectivity index (χ1n) is 8.04. The van der Waals surface area contributed by atoms with Crippen molar-refractivity contribution in [1.29, 1.82) is 0 Å². The summed E-state index contributed by atoms with van der Waals surface area (Å²) in [6.07, 6.45) is 0.150. The van der Waals surface area contributed by atoms with Gasteiger partial charge < -0.3 is 14.4 Å². The monoisotopic (exact) mass is 290 g/mol. The van der Waals surface area contributed by atoms with Crippen LogP contribution in [0.4, 0.5) is 0 Å². The van der Waals surface area contributed by atoms with Crippen molar-refractivity contribution >= 4 is 0 Å². The molecule has 1 unspecified atom stereocenters. The van der Waals surface area contributed by atoms with E-state index in [1.54, 1.807) is 0 Å². The molecule has 1 aromatic rings. The van der Waals surface area contributed by atoms with Crippen molar-refractivity contribution < 1.29 is 9.47 Å². The number of rotatable bonds is 4. The maximum absolute atomic E-state index is 6.05. The van der Waals surface area contributed by atoms with Gasteiger partial charge in [0.25, 0.3) is 0 Å². The average molecular weight is 290 g/mol. The third-order valence-corrected chi connectivity index (χ3v) is 4.12. The smallest absolute Gasteiger partial charge is 0.161 e. The highest BCUT2D eigenvalue weighted by Crippen LogP contribution is 2.31. The molecule has 4 heteroatoms. The van der Waals surface area contributed by atoms with Crippen LogP contribution in [0.15, 0.2) is 24.3 Å². The van der Waals surface area contributed by atoms with E-state index in [-0.39, 0.29) is 6.10 Å². The Morgan fingerprint density at radius 2 is 1.71 bits per heavy atom. The molecular weight excluding hydrogens is 264 g/mol. The van der Waals surface area contributed by atoms with E-state index in [0.717, 1.165) is 37.1 Å². The van der Waals surface area contributed by atoms with Crippen molar-refractivity contribution in [3.8, 4) is 11.5 Å². The Morgan fingerprint density at radius 3 is 2.43 bits per heavy atom. The van der Waals surface area contributed by atoms with E-state index in [4.69, 9.17) is 9.47 Å². The number of hydrogen-bond donors (Lipinski definition) is 0. The van der Waals surface area contributed by atoms with Crippen molar-refractivity contribution in [2.24, 2.45) is 5.92 Å². The van der Waals surface area contributed by atoms with Gasteiger partial charge in [-0.05, 0) is 18.1 Å². The fourth-order valence-corrected chi connectivity index (χ4v) is 3.11. The number of benzene rings is 1. The second-order valence-corrected chi connectivity index (χ2v) is 6.49. The predicted molar refractivity (Wildman–Crippen MR) is 84.1 cm³/mol. The van der Waals surface area contributed by atoms with Crippen LogP contribution >= 0.6 is 0 Å². The van der Waals surface area contributed by atoms with Crippen LogP contribution in [0.25, 0.3) is 0 Å². The second kappa shape index (κ2) is 6.67. The SMILES string of the molecule is CC(C)CN1CCN(CC2COc3ccccc3O2)CC1. The quantitative estimate of drug-likeness (QED) is 0.848. The van der Waals surface area contributed by atoms with Gasteiger partial charge in [-0.15, -0.1) is 0 Å². The molecule has 0 saturated carbocycles. The van der Waals surface area contributed by atoms with E-state index >= 15 is 0 Å². The van der Waals surface area contributed by atoms with E-state index in [2.05, 4.69) is 23.6 Å². The van der Waals surface area contributed by atoms with Crippen molar-refractivity contribution in [3.63, 3.8) is 0 Å². The summed E-state index contributed by atoms with van der Waals surface area (Å²) in [6, 6.07) is 7.93. The first-order valence-corrected chi connectivity index (χ1v) is 8.04. The molecule has 0 amide bonds. The minimum Gasteiger partial charge on any atom is -0.486 e. The molecule has 0 aliphatic carbocycles. The van der Waals surface area contributed by atoms with Gasteiger partial charge in [0, 0.05) is 39.3 Å². The molecule has 2 aliphatic rings. The fourth-order valence-electron chi connectivity index (χ4n) is 3.11. The third-order valence-electron chi connectivity index (χ3n) is 4.12. The summed E-state index contributed by atoms with van der Waals surface area (Å²) in [6.45, 7) is 12.0. The standard InChI is InChI=1S/C17H26N2O2/c1-14(2)11-18-7-9-19(10-8-18)12-15-13-20-16-5-3-4-6-17(16)21-15/h3-6,14-15H,7-13H2,1-2H3. The Hall–Kier alpha value is -1.26. The van der Waals surface area contributed by atoms with Crippen molar-refractivity contribution in [3.05, 3.63) is 24.3 Å². The number of fused-ring (bicyclic) bond motifs is 1. The van der Waals surface area contributed by atoms with Gasteiger partial charge in [-0.2, -0.15) is 0 Å². The highest BCUT2D eigenvalue weighted by Gasteiger charge is 2.25. The largest absolute Gasteiger partial charge is 0.486 e. The second-order valence-electron chi connectivity index (χ2n) is 6.49. The lowest BCUT2D eigenvalue weighted by Crippen LogP contribution is -2.51. The Bertz CT molecular complexity index is 456. The molecule has 116 valence electrons. The van der Waals surface area contributed by atoms with Crippen molar-refractivity contribution in [2.45, 2.75) is 20.0 Å². The summed E-state index contributed by atoms with van der Waals surface area (Å²) in [4.78, 5) is 5.06. The number of nitrogens with zero attached hydrogens (tertiary/aromatic N) is 2. The molecule has 0 bridgehead atoms. The number of piperazine rings is 1. The lowest BCUT2D eigenvalue weighted by molar-refractivity contribution is 0.0386. The lowest BCUT2D eigenvalue weighted by Gasteiger charge is -2.37. The molecule has 0 aromatic heterocycles. The van der Waals surface area contributed by atoms with E-state index in [1.807, 2.05) is 24.3 Å². The van der Waals surface area contributed by atoms with E-state index in [1.165, 1.54) is 19.6 Å². The molecule has 0 spiro atoms. The summed E-state index contributed by atoms with van der Waals surface area (Å²) in [7, 11) is 0. The Balaban J connectivity index is 1.46. The number of ether oxygens (including phenoxy) is 2. The topological polar surface area (TPSA) is 24.9 Å². The summed E-state index contributed by atoms with van der Waals surface area (Å²) in [5, 5.41) is 0. The van der Waals surface area contributed by atoms with Gasteiger partial charge in [-0.3, -0.25) is 4.90 Å². The van der Waals surface area contributed by atoms with Gasteiger partial charge in [-0.1, -0.05) is 26.0 Å². The Morgan fingerprint density at radius 1 is 1.05 bits per heavy atom. The van der Waals surface area contributed by atoms with Gasteiger partial charge in [0.2, 0.25) is 0 Å². The van der Waals surface area contributed by atoms with Crippen LogP contribution in [0.2, 0.25) is 0 Å². The Labute approximate surface area is 127 Å². The molecule has 1 atom stereocenters. The fraction of sp³-hybridized carbons (Fsp3) is 0.647. The molecule has 2 heterocycles. The first-order chi connectivity index (χ1) is 10.2.